The van der Waals surface area contributed by atoms with Gasteiger partial charge in [-0.05, 0) is 53.5 Å². The smallest absolute Gasteiger partial charge is 0.408 e. The van der Waals surface area contributed by atoms with Gasteiger partial charge >= 0.3 is 6.09 Å². The van der Waals surface area contributed by atoms with Gasteiger partial charge in [0, 0.05) is 12.1 Å². The Hall–Kier alpha value is -2.57. The van der Waals surface area contributed by atoms with Crippen molar-refractivity contribution in [1.29, 1.82) is 0 Å². The van der Waals surface area contributed by atoms with E-state index in [1.807, 2.05) is 58.0 Å². The van der Waals surface area contributed by atoms with Gasteiger partial charge in [-0.2, -0.15) is 0 Å². The molecule has 7 heteroatoms. The van der Waals surface area contributed by atoms with Gasteiger partial charge < -0.3 is 20.3 Å². The molecule has 0 radical (unpaired) electrons. The van der Waals surface area contributed by atoms with E-state index in [2.05, 4.69) is 10.6 Å². The van der Waals surface area contributed by atoms with Crippen LogP contribution in [-0.2, 0) is 14.3 Å². The molecule has 0 fully saturated rings. The predicted molar refractivity (Wildman–Crippen MR) is 118 cm³/mol. The van der Waals surface area contributed by atoms with E-state index in [1.54, 1.807) is 20.8 Å². The molecule has 0 aliphatic carbocycles. The molecule has 0 aromatic heterocycles. The standard InChI is InChI=1S/C23H37N3O4/c1-8-9-15-26(18(27)16-24-21(29)30-23(5,6)7)19(17-13-11-10-12-14-17)20(28)25-22(2,3)4/h10-14,19H,8-9,15-16H2,1-7H3,(H,24,29)(H,25,28). The van der Waals surface area contributed by atoms with Crippen LogP contribution in [0.5, 0.6) is 0 Å². The molecule has 1 rings (SSSR count). The molecular formula is C23H37N3O4. The third-order valence-electron chi connectivity index (χ3n) is 4.03. The molecule has 1 atom stereocenters. The fourth-order valence-corrected chi connectivity index (χ4v) is 2.84. The number of ether oxygens (including phenoxy) is 1. The summed E-state index contributed by atoms with van der Waals surface area (Å²) in [6.45, 7) is 13.1. The van der Waals surface area contributed by atoms with Crippen LogP contribution >= 0.6 is 0 Å². The highest BCUT2D eigenvalue weighted by Gasteiger charge is 2.33. The highest BCUT2D eigenvalue weighted by Crippen LogP contribution is 2.23. The number of nitrogens with zero attached hydrogens (tertiary/aromatic N) is 1. The summed E-state index contributed by atoms with van der Waals surface area (Å²) in [5.41, 5.74) is -0.381. The number of unbranched alkanes of at least 4 members (excludes halogenated alkanes) is 1. The van der Waals surface area contributed by atoms with E-state index < -0.39 is 23.3 Å². The number of hydrogen-bond donors (Lipinski definition) is 2. The number of alkyl carbamates (subject to hydrolysis) is 1. The van der Waals surface area contributed by atoms with E-state index in [1.165, 1.54) is 4.90 Å². The molecule has 0 saturated heterocycles. The molecule has 3 amide bonds. The molecule has 0 heterocycles. The van der Waals surface area contributed by atoms with Gasteiger partial charge in [0.25, 0.3) is 0 Å². The van der Waals surface area contributed by atoms with Crippen molar-refractivity contribution in [2.45, 2.75) is 78.5 Å². The lowest BCUT2D eigenvalue weighted by atomic mass is 10.0. The normalized spacial score (nSPS) is 12.6. The first-order valence-corrected chi connectivity index (χ1v) is 10.5. The number of amides is 3. The quantitative estimate of drug-likeness (QED) is 0.671. The number of benzene rings is 1. The summed E-state index contributed by atoms with van der Waals surface area (Å²) in [6.07, 6.45) is 0.942. The molecule has 168 valence electrons. The first-order chi connectivity index (χ1) is 13.8. The van der Waals surface area contributed by atoms with Crippen molar-refractivity contribution in [1.82, 2.24) is 15.5 Å². The Labute approximate surface area is 180 Å². The number of nitrogens with one attached hydrogen (secondary N) is 2. The summed E-state index contributed by atoms with van der Waals surface area (Å²) in [5, 5.41) is 5.49. The molecule has 0 aliphatic heterocycles. The van der Waals surface area contributed by atoms with E-state index in [0.717, 1.165) is 18.4 Å². The van der Waals surface area contributed by atoms with Gasteiger partial charge in [-0.25, -0.2) is 4.79 Å². The summed E-state index contributed by atoms with van der Waals surface area (Å²) in [6, 6.07) is 8.43. The van der Waals surface area contributed by atoms with Gasteiger partial charge in [0.2, 0.25) is 11.8 Å². The molecule has 0 aliphatic rings. The average Bonchev–Trinajstić information content (AvgIpc) is 2.60. The van der Waals surface area contributed by atoms with Crippen molar-refractivity contribution in [3.05, 3.63) is 35.9 Å². The Morgan fingerprint density at radius 1 is 1.03 bits per heavy atom. The second-order valence-corrected chi connectivity index (χ2v) is 9.35. The molecule has 1 unspecified atom stereocenters. The first kappa shape index (κ1) is 25.5. The zero-order chi connectivity index (χ0) is 22.9. The van der Waals surface area contributed by atoms with Crippen LogP contribution in [0.15, 0.2) is 30.3 Å². The Morgan fingerprint density at radius 3 is 2.13 bits per heavy atom. The largest absolute Gasteiger partial charge is 0.444 e. The number of rotatable bonds is 8. The van der Waals surface area contributed by atoms with Crippen LogP contribution < -0.4 is 10.6 Å². The fourth-order valence-electron chi connectivity index (χ4n) is 2.84. The topological polar surface area (TPSA) is 87.7 Å². The van der Waals surface area contributed by atoms with Crippen LogP contribution in [0, 0.1) is 0 Å². The molecule has 1 aromatic carbocycles. The number of carbonyl (C=O) groups excluding carboxylic acids is 3. The first-order valence-electron chi connectivity index (χ1n) is 10.5. The monoisotopic (exact) mass is 419 g/mol. The van der Waals surface area contributed by atoms with E-state index in [4.69, 9.17) is 4.74 Å². The Balaban J connectivity index is 3.12. The highest BCUT2D eigenvalue weighted by molar-refractivity contribution is 5.90. The minimum Gasteiger partial charge on any atom is -0.444 e. The zero-order valence-corrected chi connectivity index (χ0v) is 19.4. The lowest BCUT2D eigenvalue weighted by Gasteiger charge is -2.34. The molecule has 0 spiro atoms. The van der Waals surface area contributed by atoms with E-state index in [0.29, 0.717) is 6.54 Å². The lowest BCUT2D eigenvalue weighted by Crippen LogP contribution is -2.51. The molecule has 0 saturated carbocycles. The van der Waals surface area contributed by atoms with Crippen molar-refractivity contribution in [3.63, 3.8) is 0 Å². The summed E-state index contributed by atoms with van der Waals surface area (Å²) >= 11 is 0. The van der Waals surface area contributed by atoms with E-state index >= 15 is 0 Å². The predicted octanol–water partition coefficient (Wildman–Crippen LogP) is 3.80. The van der Waals surface area contributed by atoms with Gasteiger partial charge in [0.15, 0.2) is 0 Å². The molecule has 0 bridgehead atoms. The average molecular weight is 420 g/mol. The highest BCUT2D eigenvalue weighted by atomic mass is 16.6. The van der Waals surface area contributed by atoms with Gasteiger partial charge in [0.1, 0.15) is 18.2 Å². The van der Waals surface area contributed by atoms with E-state index in [9.17, 15) is 14.4 Å². The summed E-state index contributed by atoms with van der Waals surface area (Å²) in [5.74, 6) is -0.595. The van der Waals surface area contributed by atoms with Gasteiger partial charge in [-0.3, -0.25) is 9.59 Å². The lowest BCUT2D eigenvalue weighted by molar-refractivity contribution is -0.141. The summed E-state index contributed by atoms with van der Waals surface area (Å²) in [7, 11) is 0. The van der Waals surface area contributed by atoms with Crippen molar-refractivity contribution in [3.8, 4) is 0 Å². The SMILES string of the molecule is CCCCN(C(=O)CNC(=O)OC(C)(C)C)C(C(=O)NC(C)(C)C)c1ccccc1. The Morgan fingerprint density at radius 2 is 1.63 bits per heavy atom. The minimum atomic E-state index is -0.787. The second-order valence-electron chi connectivity index (χ2n) is 9.35. The Kier molecular flexibility index (Phi) is 9.33. The maximum absolute atomic E-state index is 13.2. The number of carbonyl (C=O) groups is 3. The van der Waals surface area contributed by atoms with Crippen molar-refractivity contribution in [2.24, 2.45) is 0 Å². The summed E-state index contributed by atoms with van der Waals surface area (Å²) < 4.78 is 5.21. The summed E-state index contributed by atoms with van der Waals surface area (Å²) in [4.78, 5) is 39.8. The maximum Gasteiger partial charge on any atom is 0.408 e. The van der Waals surface area contributed by atoms with Crippen LogP contribution in [0.2, 0.25) is 0 Å². The minimum absolute atomic E-state index is 0.245. The second kappa shape index (κ2) is 11.0. The van der Waals surface area contributed by atoms with Crippen LogP contribution in [-0.4, -0.2) is 47.0 Å². The molecule has 30 heavy (non-hydrogen) atoms. The molecule has 2 N–H and O–H groups in total. The zero-order valence-electron chi connectivity index (χ0n) is 19.4. The van der Waals surface area contributed by atoms with Crippen LogP contribution in [0.25, 0.3) is 0 Å². The number of hydrogen-bond acceptors (Lipinski definition) is 4. The Bertz CT molecular complexity index is 705. The third kappa shape index (κ3) is 9.29. The van der Waals surface area contributed by atoms with Gasteiger partial charge in [-0.15, -0.1) is 0 Å². The fraction of sp³-hybridized carbons (Fsp3) is 0.609. The van der Waals surface area contributed by atoms with Gasteiger partial charge in [-0.1, -0.05) is 43.7 Å². The maximum atomic E-state index is 13.2. The molecule has 7 nitrogen and oxygen atoms in total. The van der Waals surface area contributed by atoms with Crippen molar-refractivity contribution < 1.29 is 19.1 Å². The van der Waals surface area contributed by atoms with Crippen LogP contribution in [0.1, 0.15) is 72.9 Å². The van der Waals surface area contributed by atoms with Crippen molar-refractivity contribution >= 4 is 17.9 Å². The van der Waals surface area contributed by atoms with Crippen LogP contribution in [0.3, 0.4) is 0 Å². The third-order valence-corrected chi connectivity index (χ3v) is 4.03. The van der Waals surface area contributed by atoms with Gasteiger partial charge in [0.05, 0.1) is 0 Å². The van der Waals surface area contributed by atoms with Crippen molar-refractivity contribution in [2.75, 3.05) is 13.1 Å². The van der Waals surface area contributed by atoms with E-state index in [-0.39, 0.29) is 18.4 Å². The molecule has 1 aromatic rings. The molecular weight excluding hydrogens is 382 g/mol. The van der Waals surface area contributed by atoms with Crippen LogP contribution in [0.4, 0.5) is 4.79 Å².